The Morgan fingerprint density at radius 2 is 1.93 bits per heavy atom. The highest BCUT2D eigenvalue weighted by atomic mass is 16.2. The van der Waals surface area contributed by atoms with Crippen molar-refractivity contribution in [2.75, 3.05) is 13.1 Å². The van der Waals surface area contributed by atoms with Crippen LogP contribution in [0, 0.1) is 17.8 Å². The van der Waals surface area contributed by atoms with Crippen LogP contribution in [0.4, 0.5) is 0 Å². The molecule has 3 atom stereocenters. The quantitative estimate of drug-likeness (QED) is 0.664. The fraction of sp³-hybridized carbons (Fsp3) is 0.909. The highest BCUT2D eigenvalue weighted by molar-refractivity contribution is 5.79. The third-order valence-electron chi connectivity index (χ3n) is 4.13. The van der Waals surface area contributed by atoms with Gasteiger partial charge in [-0.2, -0.15) is 0 Å². The molecule has 0 aromatic heterocycles. The lowest BCUT2D eigenvalue weighted by Gasteiger charge is -2.20. The predicted octanol–water partition coefficient (Wildman–Crippen LogP) is 0.592. The SMILES string of the molecule is N[C@H]1CCN(C(=O)C2CC3CC3C2)C1. The molecule has 14 heavy (non-hydrogen) atoms. The van der Waals surface area contributed by atoms with Gasteiger partial charge in [-0.1, -0.05) is 0 Å². The molecule has 2 aliphatic carbocycles. The lowest BCUT2D eigenvalue weighted by atomic mass is 10.0. The maximum atomic E-state index is 12.0. The molecule has 1 saturated heterocycles. The Bertz CT molecular complexity index is 247. The predicted molar refractivity (Wildman–Crippen MR) is 53.5 cm³/mol. The first-order chi connectivity index (χ1) is 6.74. The van der Waals surface area contributed by atoms with Crippen LogP contribution in [0.2, 0.25) is 0 Å². The molecule has 3 heteroatoms. The molecule has 2 N–H and O–H groups in total. The zero-order chi connectivity index (χ0) is 9.71. The van der Waals surface area contributed by atoms with E-state index in [9.17, 15) is 4.79 Å². The summed E-state index contributed by atoms with van der Waals surface area (Å²) < 4.78 is 0. The van der Waals surface area contributed by atoms with Crippen molar-refractivity contribution in [3.8, 4) is 0 Å². The van der Waals surface area contributed by atoms with Crippen LogP contribution in [0.1, 0.15) is 25.7 Å². The molecule has 1 aliphatic heterocycles. The minimum absolute atomic E-state index is 0.231. The van der Waals surface area contributed by atoms with Gasteiger partial charge in [-0.25, -0.2) is 0 Å². The number of rotatable bonds is 1. The molecule has 2 saturated carbocycles. The van der Waals surface area contributed by atoms with Gasteiger partial charge in [0, 0.05) is 25.0 Å². The summed E-state index contributed by atoms with van der Waals surface area (Å²) in [6.07, 6.45) is 4.71. The van der Waals surface area contributed by atoms with Gasteiger partial charge in [0.15, 0.2) is 0 Å². The summed E-state index contributed by atoms with van der Waals surface area (Å²) in [5.74, 6) is 2.55. The van der Waals surface area contributed by atoms with E-state index in [0.717, 1.165) is 44.2 Å². The summed E-state index contributed by atoms with van der Waals surface area (Å²) in [6.45, 7) is 1.69. The standard InChI is InChI=1S/C11H18N2O/c12-10-1-2-13(6-10)11(14)9-4-7-3-8(7)5-9/h7-10H,1-6,12H2/t7?,8?,9?,10-/m0/s1. The van der Waals surface area contributed by atoms with E-state index in [1.807, 2.05) is 4.90 Å². The number of carbonyl (C=O) groups is 1. The molecule has 3 rings (SSSR count). The van der Waals surface area contributed by atoms with Crippen molar-refractivity contribution >= 4 is 5.91 Å². The average Bonchev–Trinajstić information content (AvgIpc) is 2.64. The van der Waals surface area contributed by atoms with Crippen LogP contribution in [0.15, 0.2) is 0 Å². The van der Waals surface area contributed by atoms with Gasteiger partial charge in [-0.3, -0.25) is 4.79 Å². The van der Waals surface area contributed by atoms with Gasteiger partial charge in [0.1, 0.15) is 0 Å². The number of amides is 1. The monoisotopic (exact) mass is 194 g/mol. The van der Waals surface area contributed by atoms with Crippen molar-refractivity contribution in [3.63, 3.8) is 0 Å². The van der Waals surface area contributed by atoms with E-state index in [4.69, 9.17) is 5.73 Å². The number of nitrogens with zero attached hydrogens (tertiary/aromatic N) is 1. The average molecular weight is 194 g/mol. The molecule has 1 heterocycles. The molecule has 0 spiro atoms. The van der Waals surface area contributed by atoms with E-state index in [1.165, 1.54) is 6.42 Å². The summed E-state index contributed by atoms with van der Waals surface area (Å²) in [6, 6.07) is 0.231. The van der Waals surface area contributed by atoms with Crippen molar-refractivity contribution in [2.45, 2.75) is 31.7 Å². The minimum atomic E-state index is 0.231. The normalized spacial score (nSPS) is 45.4. The van der Waals surface area contributed by atoms with Crippen molar-refractivity contribution in [3.05, 3.63) is 0 Å². The number of hydrogen-bond acceptors (Lipinski definition) is 2. The maximum Gasteiger partial charge on any atom is 0.225 e. The maximum absolute atomic E-state index is 12.0. The second-order valence-corrected chi connectivity index (χ2v) is 5.26. The van der Waals surface area contributed by atoms with E-state index in [2.05, 4.69) is 0 Å². The van der Waals surface area contributed by atoms with Crippen LogP contribution < -0.4 is 5.73 Å². The summed E-state index contributed by atoms with van der Waals surface area (Å²) in [5, 5.41) is 0. The third kappa shape index (κ3) is 1.34. The first-order valence-corrected chi connectivity index (χ1v) is 5.78. The Hall–Kier alpha value is -0.570. The minimum Gasteiger partial charge on any atom is -0.341 e. The van der Waals surface area contributed by atoms with E-state index >= 15 is 0 Å². The van der Waals surface area contributed by atoms with Gasteiger partial charge < -0.3 is 10.6 Å². The summed E-state index contributed by atoms with van der Waals surface area (Å²) in [5.41, 5.74) is 5.80. The van der Waals surface area contributed by atoms with Gasteiger partial charge in [0.05, 0.1) is 0 Å². The van der Waals surface area contributed by atoms with Crippen molar-refractivity contribution in [1.82, 2.24) is 4.90 Å². The molecule has 0 aromatic rings. The molecule has 3 nitrogen and oxygen atoms in total. The van der Waals surface area contributed by atoms with Crippen molar-refractivity contribution < 1.29 is 4.79 Å². The Kier molecular flexibility index (Phi) is 1.84. The number of nitrogens with two attached hydrogens (primary N) is 1. The lowest BCUT2D eigenvalue weighted by Crippen LogP contribution is -2.35. The first kappa shape index (κ1) is 8.72. The summed E-state index contributed by atoms with van der Waals surface area (Å²) >= 11 is 0. The Morgan fingerprint density at radius 3 is 2.50 bits per heavy atom. The lowest BCUT2D eigenvalue weighted by molar-refractivity contribution is -0.134. The topological polar surface area (TPSA) is 46.3 Å². The van der Waals surface area contributed by atoms with Crippen LogP contribution in [-0.2, 0) is 4.79 Å². The second-order valence-electron chi connectivity index (χ2n) is 5.26. The molecule has 3 fully saturated rings. The molecule has 78 valence electrons. The van der Waals surface area contributed by atoms with Gasteiger partial charge in [0.25, 0.3) is 0 Å². The number of likely N-dealkylation sites (tertiary alicyclic amines) is 1. The number of fused-ring (bicyclic) bond motifs is 1. The fourth-order valence-corrected chi connectivity index (χ4v) is 3.16. The smallest absolute Gasteiger partial charge is 0.225 e. The Morgan fingerprint density at radius 1 is 1.21 bits per heavy atom. The summed E-state index contributed by atoms with van der Waals surface area (Å²) in [4.78, 5) is 14.0. The molecule has 2 unspecified atom stereocenters. The van der Waals surface area contributed by atoms with E-state index in [1.54, 1.807) is 0 Å². The van der Waals surface area contributed by atoms with Gasteiger partial charge in [-0.05, 0) is 37.5 Å². The molecular formula is C11H18N2O. The van der Waals surface area contributed by atoms with E-state index < -0.39 is 0 Å². The van der Waals surface area contributed by atoms with Crippen LogP contribution in [0.3, 0.4) is 0 Å². The largest absolute Gasteiger partial charge is 0.341 e. The molecular weight excluding hydrogens is 176 g/mol. The van der Waals surface area contributed by atoms with E-state index in [0.29, 0.717) is 11.8 Å². The highest BCUT2D eigenvalue weighted by Crippen LogP contribution is 2.54. The van der Waals surface area contributed by atoms with Crippen LogP contribution in [0.25, 0.3) is 0 Å². The zero-order valence-corrected chi connectivity index (χ0v) is 8.48. The van der Waals surface area contributed by atoms with Crippen molar-refractivity contribution in [2.24, 2.45) is 23.5 Å². The second kappa shape index (κ2) is 2.96. The molecule has 1 amide bonds. The van der Waals surface area contributed by atoms with Gasteiger partial charge in [0.2, 0.25) is 5.91 Å². The molecule has 3 aliphatic rings. The number of hydrogen-bond donors (Lipinski definition) is 1. The van der Waals surface area contributed by atoms with Crippen molar-refractivity contribution in [1.29, 1.82) is 0 Å². The molecule has 0 radical (unpaired) electrons. The van der Waals surface area contributed by atoms with E-state index in [-0.39, 0.29) is 6.04 Å². The Labute approximate surface area is 84.6 Å². The third-order valence-corrected chi connectivity index (χ3v) is 4.13. The molecule has 0 bridgehead atoms. The summed E-state index contributed by atoms with van der Waals surface area (Å²) in [7, 11) is 0. The van der Waals surface area contributed by atoms with Gasteiger partial charge >= 0.3 is 0 Å². The fourth-order valence-electron chi connectivity index (χ4n) is 3.16. The number of carbonyl (C=O) groups excluding carboxylic acids is 1. The van der Waals surface area contributed by atoms with Crippen LogP contribution in [-0.4, -0.2) is 29.9 Å². The van der Waals surface area contributed by atoms with Gasteiger partial charge in [-0.15, -0.1) is 0 Å². The Balaban J connectivity index is 1.59. The van der Waals surface area contributed by atoms with Crippen LogP contribution in [0.5, 0.6) is 0 Å². The van der Waals surface area contributed by atoms with Crippen LogP contribution >= 0.6 is 0 Å². The first-order valence-electron chi connectivity index (χ1n) is 5.78. The highest BCUT2D eigenvalue weighted by Gasteiger charge is 2.49. The zero-order valence-electron chi connectivity index (χ0n) is 8.48. The molecule has 0 aromatic carbocycles.